The fraction of sp³-hybridized carbons (Fsp3) is 0.667. The van der Waals surface area contributed by atoms with E-state index >= 15 is 0 Å². The first-order chi connectivity index (χ1) is 3.33. The Kier molecular flexibility index (Phi) is 55.0. The van der Waals surface area contributed by atoms with Crippen molar-refractivity contribution in [1.82, 2.24) is 0 Å². The van der Waals surface area contributed by atoms with Crippen LogP contribution in [0.3, 0.4) is 0 Å². The van der Waals surface area contributed by atoms with Gasteiger partial charge < -0.3 is 15.3 Å². The van der Waals surface area contributed by atoms with Gasteiger partial charge in [0.15, 0.2) is 0 Å². The third kappa shape index (κ3) is 153. The molecule has 0 aromatic rings. The molecule has 4 nitrogen and oxygen atoms in total. The predicted molar refractivity (Wildman–Crippen MR) is 30.0 cm³/mol. The summed E-state index contributed by atoms with van der Waals surface area (Å²) in [5.41, 5.74) is 0. The normalized spacial score (nSPS) is 5.25. The number of carbonyl (C=O) groups is 1. The van der Waals surface area contributed by atoms with Gasteiger partial charge in [-0.3, -0.25) is 4.79 Å². The van der Waals surface area contributed by atoms with E-state index in [4.69, 9.17) is 20.1 Å². The van der Waals surface area contributed by atoms with Crippen molar-refractivity contribution >= 4 is 25.3 Å². The molecule has 0 heterocycles. The van der Waals surface area contributed by atoms with Crippen LogP contribution in [0, 0.1) is 0 Å². The Bertz CT molecular complexity index is 30.5. The van der Waals surface area contributed by atoms with Gasteiger partial charge in [-0.05, 0) is 0 Å². The molecule has 0 aromatic carbocycles. The summed E-state index contributed by atoms with van der Waals surface area (Å²) in [4.78, 5) is 8.36. The van der Waals surface area contributed by atoms with Crippen molar-refractivity contribution in [1.29, 1.82) is 0 Å². The molecule has 0 aliphatic heterocycles. The van der Waals surface area contributed by atoms with Crippen LogP contribution in [0.15, 0.2) is 0 Å². The maximum atomic E-state index is 8.36. The van der Waals surface area contributed by atoms with Crippen LogP contribution in [-0.4, -0.2) is 53.9 Å². The van der Waals surface area contributed by atoms with Gasteiger partial charge in [-0.2, -0.15) is 0 Å². The van der Waals surface area contributed by atoms with E-state index in [9.17, 15) is 0 Å². The van der Waals surface area contributed by atoms with Gasteiger partial charge in [-0.15, -0.1) is 0 Å². The SMILES string of the molecule is O=CO.OCCO.[LiH]. The Hall–Kier alpha value is -0.0126. The van der Waals surface area contributed by atoms with Crippen molar-refractivity contribution in [2.24, 2.45) is 0 Å². The fourth-order valence-electron chi connectivity index (χ4n) is 0. The van der Waals surface area contributed by atoms with Crippen molar-refractivity contribution in [2.75, 3.05) is 13.2 Å². The van der Waals surface area contributed by atoms with Crippen LogP contribution in [0.1, 0.15) is 0 Å². The van der Waals surface area contributed by atoms with Crippen LogP contribution < -0.4 is 0 Å². The zero-order chi connectivity index (χ0) is 6.12. The summed E-state index contributed by atoms with van der Waals surface area (Å²) in [7, 11) is 0. The van der Waals surface area contributed by atoms with Crippen molar-refractivity contribution in [2.45, 2.75) is 0 Å². The molecule has 46 valence electrons. The molecule has 0 saturated carbocycles. The number of aliphatic hydroxyl groups excluding tert-OH is 2. The van der Waals surface area contributed by atoms with E-state index in [0.29, 0.717) is 0 Å². The molecule has 0 bridgehead atoms. The molecule has 3 N–H and O–H groups in total. The second kappa shape index (κ2) is 28.1. The van der Waals surface area contributed by atoms with Crippen LogP contribution in [0.5, 0.6) is 0 Å². The summed E-state index contributed by atoms with van der Waals surface area (Å²) in [5.74, 6) is 0. The van der Waals surface area contributed by atoms with Crippen molar-refractivity contribution < 1.29 is 20.1 Å². The molecule has 0 aliphatic rings. The van der Waals surface area contributed by atoms with Crippen LogP contribution in [0.4, 0.5) is 0 Å². The van der Waals surface area contributed by atoms with Crippen molar-refractivity contribution in [3.05, 3.63) is 0 Å². The molecular formula is C3H9LiO4. The van der Waals surface area contributed by atoms with E-state index in [-0.39, 0.29) is 38.5 Å². The molecule has 0 saturated heterocycles. The summed E-state index contributed by atoms with van der Waals surface area (Å²) < 4.78 is 0. The summed E-state index contributed by atoms with van der Waals surface area (Å²) >= 11 is 0. The van der Waals surface area contributed by atoms with E-state index < -0.39 is 0 Å². The second-order valence-corrected chi connectivity index (χ2v) is 0.553. The fourth-order valence-corrected chi connectivity index (χ4v) is 0. The van der Waals surface area contributed by atoms with Crippen molar-refractivity contribution in [3.8, 4) is 0 Å². The quantitative estimate of drug-likeness (QED) is 0.274. The first kappa shape index (κ1) is 15.7. The Morgan fingerprint density at radius 2 is 1.38 bits per heavy atom. The van der Waals surface area contributed by atoms with Gasteiger partial charge in [0.2, 0.25) is 0 Å². The standard InChI is InChI=1S/C2H6O2.CH2O2.Li.H/c3-1-2-4;2-1-3;;/h3-4H,1-2H2;1H,(H,2,3);;. The van der Waals surface area contributed by atoms with Gasteiger partial charge in [-0.25, -0.2) is 0 Å². The van der Waals surface area contributed by atoms with Gasteiger partial charge in [0, 0.05) is 0 Å². The minimum absolute atomic E-state index is 0. The Morgan fingerprint density at radius 3 is 1.38 bits per heavy atom. The molecule has 0 aliphatic carbocycles. The summed E-state index contributed by atoms with van der Waals surface area (Å²) in [6.07, 6.45) is 0. The Balaban J connectivity index is -0.0000000575. The molecule has 0 rings (SSSR count). The number of hydrogen-bond acceptors (Lipinski definition) is 3. The molecule has 0 unspecified atom stereocenters. The second-order valence-electron chi connectivity index (χ2n) is 0.553. The molecule has 0 radical (unpaired) electrons. The van der Waals surface area contributed by atoms with Gasteiger partial charge in [0.1, 0.15) is 0 Å². The van der Waals surface area contributed by atoms with Crippen LogP contribution in [0.25, 0.3) is 0 Å². The Morgan fingerprint density at radius 1 is 1.25 bits per heavy atom. The van der Waals surface area contributed by atoms with E-state index in [1.165, 1.54) is 0 Å². The van der Waals surface area contributed by atoms with E-state index in [1.807, 2.05) is 0 Å². The van der Waals surface area contributed by atoms with Crippen LogP contribution >= 0.6 is 0 Å². The topological polar surface area (TPSA) is 77.8 Å². The predicted octanol–water partition coefficient (Wildman–Crippen LogP) is -1.98. The average molecular weight is 116 g/mol. The summed E-state index contributed by atoms with van der Waals surface area (Å²) in [5, 5.41) is 22.1. The van der Waals surface area contributed by atoms with Crippen LogP contribution in [0.2, 0.25) is 0 Å². The molecular weight excluding hydrogens is 107 g/mol. The van der Waals surface area contributed by atoms with Gasteiger partial charge >= 0.3 is 18.9 Å². The minimum atomic E-state index is -0.250. The molecule has 0 fully saturated rings. The number of hydrogen-bond donors (Lipinski definition) is 3. The monoisotopic (exact) mass is 116 g/mol. The summed E-state index contributed by atoms with van der Waals surface area (Å²) in [6, 6.07) is 0. The average Bonchev–Trinajstić information content (AvgIpc) is 1.69. The first-order valence-corrected chi connectivity index (χ1v) is 1.63. The maximum absolute atomic E-state index is 8.36. The molecule has 5 heteroatoms. The van der Waals surface area contributed by atoms with Crippen molar-refractivity contribution in [3.63, 3.8) is 0 Å². The third-order valence-electron chi connectivity index (χ3n) is 0.1000. The first-order valence-electron chi connectivity index (χ1n) is 1.63. The summed E-state index contributed by atoms with van der Waals surface area (Å²) in [6.45, 7) is -0.500. The van der Waals surface area contributed by atoms with E-state index in [2.05, 4.69) is 0 Å². The molecule has 8 heavy (non-hydrogen) atoms. The zero-order valence-electron chi connectivity index (χ0n) is 3.74. The van der Waals surface area contributed by atoms with E-state index in [1.54, 1.807) is 0 Å². The molecule has 0 atom stereocenters. The van der Waals surface area contributed by atoms with Crippen LogP contribution in [-0.2, 0) is 4.79 Å². The molecule has 0 amide bonds. The Labute approximate surface area is 59.3 Å². The number of carboxylic acid groups (broad SMARTS) is 1. The molecule has 0 aromatic heterocycles. The molecule has 0 spiro atoms. The van der Waals surface area contributed by atoms with Gasteiger partial charge in [0.05, 0.1) is 13.2 Å². The number of rotatable bonds is 1. The third-order valence-corrected chi connectivity index (χ3v) is 0.1000. The van der Waals surface area contributed by atoms with Gasteiger partial charge in [-0.1, -0.05) is 0 Å². The zero-order valence-corrected chi connectivity index (χ0v) is 3.74. The van der Waals surface area contributed by atoms with E-state index in [0.717, 1.165) is 0 Å². The van der Waals surface area contributed by atoms with Gasteiger partial charge in [0.25, 0.3) is 6.47 Å². The number of aliphatic hydroxyl groups is 2.